The maximum Gasteiger partial charge on any atom is 0.0613 e. The quantitative estimate of drug-likeness (QED) is 0.723. The summed E-state index contributed by atoms with van der Waals surface area (Å²) in [6.07, 6.45) is 0. The molecule has 0 aliphatic heterocycles. The first kappa shape index (κ1) is 11.0. The molecule has 1 fully saturated rings. The average molecular weight is 185 g/mol. The number of hydrogen-bond acceptors (Lipinski definition) is 2. The van der Waals surface area contributed by atoms with Crippen LogP contribution in [-0.4, -0.2) is 25.8 Å². The van der Waals surface area contributed by atoms with Crippen LogP contribution in [0.25, 0.3) is 0 Å². The SMILES string of the molecule is COCC(C)NC1C(C)(C)C1(C)C. The van der Waals surface area contributed by atoms with Gasteiger partial charge in [0.15, 0.2) is 0 Å². The molecule has 1 rings (SSSR count). The van der Waals surface area contributed by atoms with Crippen molar-refractivity contribution in [3.63, 3.8) is 0 Å². The average Bonchev–Trinajstić information content (AvgIpc) is 2.33. The summed E-state index contributed by atoms with van der Waals surface area (Å²) < 4.78 is 5.11. The van der Waals surface area contributed by atoms with Gasteiger partial charge in [0.2, 0.25) is 0 Å². The Morgan fingerprint density at radius 3 is 2.00 bits per heavy atom. The smallest absolute Gasteiger partial charge is 0.0613 e. The summed E-state index contributed by atoms with van der Waals surface area (Å²) in [4.78, 5) is 0. The van der Waals surface area contributed by atoms with Crippen molar-refractivity contribution >= 4 is 0 Å². The molecule has 13 heavy (non-hydrogen) atoms. The fourth-order valence-electron chi connectivity index (χ4n) is 2.20. The van der Waals surface area contributed by atoms with Gasteiger partial charge in [-0.25, -0.2) is 0 Å². The Labute approximate surface area is 82.0 Å². The molecule has 1 unspecified atom stereocenters. The van der Waals surface area contributed by atoms with Gasteiger partial charge in [-0.2, -0.15) is 0 Å². The van der Waals surface area contributed by atoms with Crippen LogP contribution in [0.3, 0.4) is 0 Å². The van der Waals surface area contributed by atoms with Crippen LogP contribution in [0.2, 0.25) is 0 Å². The topological polar surface area (TPSA) is 21.3 Å². The van der Waals surface area contributed by atoms with Crippen LogP contribution in [-0.2, 0) is 4.74 Å². The number of nitrogens with one attached hydrogen (secondary N) is 1. The van der Waals surface area contributed by atoms with Crippen molar-refractivity contribution in [1.82, 2.24) is 5.32 Å². The zero-order valence-corrected chi connectivity index (χ0v) is 9.77. The summed E-state index contributed by atoms with van der Waals surface area (Å²) in [5.74, 6) is 0. The lowest BCUT2D eigenvalue weighted by atomic mass is 10.0. The van der Waals surface area contributed by atoms with Gasteiger partial charge in [0.1, 0.15) is 0 Å². The predicted molar refractivity (Wildman–Crippen MR) is 55.8 cm³/mol. The monoisotopic (exact) mass is 185 g/mol. The van der Waals surface area contributed by atoms with E-state index in [1.807, 2.05) is 0 Å². The first-order valence-corrected chi connectivity index (χ1v) is 5.09. The number of ether oxygens (including phenoxy) is 1. The molecule has 0 saturated heterocycles. The van der Waals surface area contributed by atoms with E-state index >= 15 is 0 Å². The van der Waals surface area contributed by atoms with E-state index < -0.39 is 0 Å². The van der Waals surface area contributed by atoms with E-state index in [0.717, 1.165) is 6.61 Å². The van der Waals surface area contributed by atoms with Crippen molar-refractivity contribution in [2.24, 2.45) is 10.8 Å². The molecular weight excluding hydrogens is 162 g/mol. The lowest BCUT2D eigenvalue weighted by molar-refractivity contribution is 0.169. The lowest BCUT2D eigenvalue weighted by Gasteiger charge is -2.14. The van der Waals surface area contributed by atoms with Crippen LogP contribution >= 0.6 is 0 Å². The third kappa shape index (κ3) is 1.75. The first-order valence-electron chi connectivity index (χ1n) is 5.09. The van der Waals surface area contributed by atoms with E-state index in [1.54, 1.807) is 7.11 Å². The molecule has 1 atom stereocenters. The summed E-state index contributed by atoms with van der Waals surface area (Å²) in [5, 5.41) is 3.61. The molecule has 1 saturated carbocycles. The standard InChI is InChI=1S/C11H23NO/c1-8(7-13-6)12-9-10(2,3)11(9,4)5/h8-9,12H,7H2,1-6H3. The zero-order chi connectivity index (χ0) is 10.3. The maximum atomic E-state index is 5.11. The summed E-state index contributed by atoms with van der Waals surface area (Å²) in [7, 11) is 1.75. The largest absolute Gasteiger partial charge is 0.383 e. The minimum atomic E-state index is 0.426. The van der Waals surface area contributed by atoms with Crippen molar-refractivity contribution in [3.8, 4) is 0 Å². The fraction of sp³-hybridized carbons (Fsp3) is 1.00. The van der Waals surface area contributed by atoms with Crippen LogP contribution in [0.1, 0.15) is 34.6 Å². The van der Waals surface area contributed by atoms with Crippen molar-refractivity contribution in [3.05, 3.63) is 0 Å². The molecule has 0 amide bonds. The van der Waals surface area contributed by atoms with Crippen LogP contribution in [0.15, 0.2) is 0 Å². The molecule has 0 heterocycles. The normalized spacial score (nSPS) is 27.2. The Hall–Kier alpha value is -0.0800. The fourth-order valence-corrected chi connectivity index (χ4v) is 2.20. The van der Waals surface area contributed by atoms with E-state index in [4.69, 9.17) is 4.74 Å². The molecule has 0 spiro atoms. The molecule has 0 aromatic carbocycles. The van der Waals surface area contributed by atoms with Gasteiger partial charge in [0.25, 0.3) is 0 Å². The Bertz CT molecular complexity index is 173. The molecule has 1 aliphatic rings. The Kier molecular flexibility index (Phi) is 2.75. The van der Waals surface area contributed by atoms with E-state index in [-0.39, 0.29) is 0 Å². The van der Waals surface area contributed by atoms with Crippen molar-refractivity contribution in [2.45, 2.75) is 46.7 Å². The molecule has 0 bridgehead atoms. The molecule has 2 nitrogen and oxygen atoms in total. The Morgan fingerprint density at radius 1 is 1.23 bits per heavy atom. The molecular formula is C11H23NO. The lowest BCUT2D eigenvalue weighted by Crippen LogP contribution is -2.35. The molecule has 1 N–H and O–H groups in total. The third-order valence-corrected chi connectivity index (χ3v) is 3.89. The predicted octanol–water partition coefficient (Wildman–Crippen LogP) is 2.05. The Balaban J connectivity index is 2.41. The molecule has 78 valence electrons. The summed E-state index contributed by atoms with van der Waals surface area (Å²) in [6, 6.07) is 1.08. The van der Waals surface area contributed by atoms with Crippen LogP contribution in [0.4, 0.5) is 0 Å². The van der Waals surface area contributed by atoms with Crippen LogP contribution < -0.4 is 5.32 Å². The second-order valence-corrected chi connectivity index (χ2v) is 5.40. The van der Waals surface area contributed by atoms with Crippen molar-refractivity contribution in [1.29, 1.82) is 0 Å². The highest BCUT2D eigenvalue weighted by Gasteiger charge is 2.64. The molecule has 2 heteroatoms. The van der Waals surface area contributed by atoms with E-state index in [0.29, 0.717) is 22.9 Å². The van der Waals surface area contributed by atoms with E-state index in [1.165, 1.54) is 0 Å². The summed E-state index contributed by atoms with van der Waals surface area (Å²) in [6.45, 7) is 12.3. The highest BCUT2D eigenvalue weighted by molar-refractivity contribution is 5.18. The first-order chi connectivity index (χ1) is 5.84. The second kappa shape index (κ2) is 3.25. The van der Waals surface area contributed by atoms with Crippen LogP contribution in [0.5, 0.6) is 0 Å². The highest BCUT2D eigenvalue weighted by atomic mass is 16.5. The minimum absolute atomic E-state index is 0.426. The van der Waals surface area contributed by atoms with Gasteiger partial charge in [-0.1, -0.05) is 27.7 Å². The summed E-state index contributed by atoms with van der Waals surface area (Å²) in [5.41, 5.74) is 0.851. The Morgan fingerprint density at radius 2 is 1.69 bits per heavy atom. The van der Waals surface area contributed by atoms with Gasteiger partial charge in [-0.05, 0) is 17.8 Å². The number of hydrogen-bond donors (Lipinski definition) is 1. The summed E-state index contributed by atoms with van der Waals surface area (Å²) >= 11 is 0. The zero-order valence-electron chi connectivity index (χ0n) is 9.77. The van der Waals surface area contributed by atoms with Crippen molar-refractivity contribution < 1.29 is 4.74 Å². The van der Waals surface area contributed by atoms with Crippen LogP contribution in [0, 0.1) is 10.8 Å². The van der Waals surface area contributed by atoms with Gasteiger partial charge in [-0.3, -0.25) is 0 Å². The van der Waals surface area contributed by atoms with Gasteiger partial charge in [-0.15, -0.1) is 0 Å². The molecule has 0 radical (unpaired) electrons. The van der Waals surface area contributed by atoms with Gasteiger partial charge in [0, 0.05) is 19.2 Å². The van der Waals surface area contributed by atoms with Crippen molar-refractivity contribution in [2.75, 3.05) is 13.7 Å². The molecule has 1 aliphatic carbocycles. The van der Waals surface area contributed by atoms with Gasteiger partial charge < -0.3 is 10.1 Å². The maximum absolute atomic E-state index is 5.11. The second-order valence-electron chi connectivity index (χ2n) is 5.40. The van der Waals surface area contributed by atoms with Gasteiger partial charge in [0.05, 0.1) is 6.61 Å². The third-order valence-electron chi connectivity index (χ3n) is 3.89. The van der Waals surface area contributed by atoms with E-state index in [9.17, 15) is 0 Å². The molecule has 0 aromatic heterocycles. The van der Waals surface area contributed by atoms with Gasteiger partial charge >= 0.3 is 0 Å². The number of rotatable bonds is 4. The molecule has 0 aromatic rings. The number of methoxy groups -OCH3 is 1. The minimum Gasteiger partial charge on any atom is -0.383 e. The van der Waals surface area contributed by atoms with E-state index in [2.05, 4.69) is 39.9 Å². The highest BCUT2D eigenvalue weighted by Crippen LogP contribution is 2.62.